The number of rotatable bonds is 12. The molecule has 3 rings (SSSR count). The lowest BCUT2D eigenvalue weighted by atomic mass is 9.85. The van der Waals surface area contributed by atoms with Gasteiger partial charge in [-0.15, -0.1) is 18.9 Å². The summed E-state index contributed by atoms with van der Waals surface area (Å²) in [6.07, 6.45) is 11.5. The highest BCUT2D eigenvalue weighted by atomic mass is 16.2. The predicted molar refractivity (Wildman–Crippen MR) is 179 cm³/mol. The predicted octanol–water partition coefficient (Wildman–Crippen LogP) is 2.13. The summed E-state index contributed by atoms with van der Waals surface area (Å²) in [5, 5.41) is 11.0. The number of likely N-dealkylation sites (tertiary alicyclic amines) is 2. The van der Waals surface area contributed by atoms with Crippen molar-refractivity contribution < 1.29 is 28.8 Å². The molecule has 0 aromatic rings. The molecule has 12 heteroatoms. The molecule has 3 fully saturated rings. The first-order chi connectivity index (χ1) is 22.0. The van der Waals surface area contributed by atoms with E-state index in [1.54, 1.807) is 4.90 Å². The molecule has 2 saturated heterocycles. The third-order valence-corrected chi connectivity index (χ3v) is 9.59. The highest BCUT2D eigenvalue weighted by Gasteiger charge is 2.52. The van der Waals surface area contributed by atoms with Crippen LogP contribution in [0.4, 0.5) is 4.79 Å². The summed E-state index contributed by atoms with van der Waals surface area (Å²) in [5.74, 6) is -0.310. The van der Waals surface area contributed by atoms with E-state index in [9.17, 15) is 28.8 Å². The molecule has 0 radical (unpaired) electrons. The molecule has 0 aromatic carbocycles. The molecule has 47 heavy (non-hydrogen) atoms. The van der Waals surface area contributed by atoms with Gasteiger partial charge in [0.05, 0.1) is 6.04 Å². The van der Waals surface area contributed by atoms with Gasteiger partial charge in [0.25, 0.3) is 5.91 Å². The van der Waals surface area contributed by atoms with Crippen LogP contribution in [0.15, 0.2) is 12.7 Å². The Bertz CT molecular complexity index is 1260. The van der Waals surface area contributed by atoms with Crippen molar-refractivity contribution in [2.45, 2.75) is 111 Å². The number of terminal acetylenes is 1. The second kappa shape index (κ2) is 15.8. The van der Waals surface area contributed by atoms with Crippen LogP contribution in [0.2, 0.25) is 0 Å². The average molecular weight is 655 g/mol. The van der Waals surface area contributed by atoms with Crippen LogP contribution in [0.1, 0.15) is 86.5 Å². The highest BCUT2D eigenvalue weighted by Crippen LogP contribution is 2.43. The van der Waals surface area contributed by atoms with Crippen LogP contribution in [-0.4, -0.2) is 95.6 Å². The Morgan fingerprint density at radius 1 is 1.00 bits per heavy atom. The van der Waals surface area contributed by atoms with Crippen molar-refractivity contribution in [3.8, 4) is 12.3 Å². The van der Waals surface area contributed by atoms with Gasteiger partial charge in [0.15, 0.2) is 0 Å². The standard InChI is InChI=1S/C35H54N6O6/c1-9-14-24(28(43)31(45)36-18-10-2)37-30(44)27-23-16-13-15-22(23)20-41(27)32(46)29(35(6,7)8)39-33(47)38-25(34(3,4)5)21-40-19-12-11-17-26(40)42/h1,10,22-25,27,29H,2,11-21H2,3-8H3,(H,36,45)(H,37,44)(H2,38,39,47)/t22-,23-,24?,25+,27-,29+/m0/s1. The van der Waals surface area contributed by atoms with Gasteiger partial charge in [0, 0.05) is 39.0 Å². The minimum absolute atomic E-state index is 0.0722. The largest absolute Gasteiger partial charge is 0.346 e. The Kier molecular flexibility index (Phi) is 12.6. The molecule has 260 valence electrons. The van der Waals surface area contributed by atoms with E-state index in [0.717, 1.165) is 32.1 Å². The molecule has 4 N–H and O–H groups in total. The fourth-order valence-corrected chi connectivity index (χ4v) is 6.82. The number of fused-ring (bicyclic) bond motifs is 1. The second-order valence-corrected chi connectivity index (χ2v) is 15.3. The Labute approximate surface area is 279 Å². The zero-order chi connectivity index (χ0) is 35.1. The topological polar surface area (TPSA) is 157 Å². The zero-order valence-electron chi connectivity index (χ0n) is 28.9. The van der Waals surface area contributed by atoms with Crippen molar-refractivity contribution in [2.24, 2.45) is 22.7 Å². The van der Waals surface area contributed by atoms with Gasteiger partial charge in [-0.05, 0) is 48.3 Å². The Hall–Kier alpha value is -3.88. The number of hydrogen-bond acceptors (Lipinski definition) is 6. The number of carbonyl (C=O) groups is 6. The fraction of sp³-hybridized carbons (Fsp3) is 0.714. The first-order valence-electron chi connectivity index (χ1n) is 16.8. The first kappa shape index (κ1) is 37.6. The van der Waals surface area contributed by atoms with E-state index in [2.05, 4.69) is 33.8 Å². The highest BCUT2D eigenvalue weighted by molar-refractivity contribution is 6.38. The van der Waals surface area contributed by atoms with E-state index in [1.165, 1.54) is 11.0 Å². The number of urea groups is 1. The third kappa shape index (κ3) is 9.58. The number of ketones is 1. The zero-order valence-corrected chi connectivity index (χ0v) is 28.9. The van der Waals surface area contributed by atoms with Crippen LogP contribution >= 0.6 is 0 Å². The smallest absolute Gasteiger partial charge is 0.315 e. The van der Waals surface area contributed by atoms with Crippen molar-refractivity contribution >= 4 is 35.4 Å². The molecule has 2 heterocycles. The number of Topliss-reactive ketones (excluding diaryl/α,β-unsaturated/α-hetero) is 1. The lowest BCUT2D eigenvalue weighted by Crippen LogP contribution is -2.62. The molecule has 0 spiro atoms. The van der Waals surface area contributed by atoms with Gasteiger partial charge in [-0.25, -0.2) is 4.79 Å². The van der Waals surface area contributed by atoms with Crippen molar-refractivity contribution in [3.05, 3.63) is 12.7 Å². The molecular formula is C35H54N6O6. The monoisotopic (exact) mass is 654 g/mol. The van der Waals surface area contributed by atoms with Crippen LogP contribution < -0.4 is 21.3 Å². The lowest BCUT2D eigenvalue weighted by molar-refractivity contribution is -0.144. The summed E-state index contributed by atoms with van der Waals surface area (Å²) >= 11 is 0. The van der Waals surface area contributed by atoms with Gasteiger partial charge in [-0.1, -0.05) is 54.0 Å². The van der Waals surface area contributed by atoms with Crippen LogP contribution in [0.5, 0.6) is 0 Å². The number of amides is 6. The third-order valence-electron chi connectivity index (χ3n) is 9.59. The quantitative estimate of drug-likeness (QED) is 0.144. The number of nitrogens with one attached hydrogen (secondary N) is 4. The first-order valence-corrected chi connectivity index (χ1v) is 16.8. The van der Waals surface area contributed by atoms with Crippen molar-refractivity contribution in [3.63, 3.8) is 0 Å². The lowest BCUT2D eigenvalue weighted by Gasteiger charge is -2.39. The fourth-order valence-electron chi connectivity index (χ4n) is 6.82. The summed E-state index contributed by atoms with van der Waals surface area (Å²) in [6.45, 7) is 16.5. The van der Waals surface area contributed by atoms with Crippen molar-refractivity contribution in [1.29, 1.82) is 0 Å². The molecule has 0 bridgehead atoms. The van der Waals surface area contributed by atoms with Crippen molar-refractivity contribution in [1.82, 2.24) is 31.1 Å². The summed E-state index contributed by atoms with van der Waals surface area (Å²) < 4.78 is 0. The molecule has 6 amide bonds. The number of piperidine rings is 1. The molecular weight excluding hydrogens is 600 g/mol. The van der Waals surface area contributed by atoms with E-state index < -0.39 is 53.1 Å². The molecule has 1 unspecified atom stereocenters. The van der Waals surface area contributed by atoms with Gasteiger partial charge >= 0.3 is 6.03 Å². The molecule has 1 aliphatic carbocycles. The average Bonchev–Trinajstić information content (AvgIpc) is 3.59. The van der Waals surface area contributed by atoms with E-state index in [0.29, 0.717) is 26.1 Å². The second-order valence-electron chi connectivity index (χ2n) is 15.3. The van der Waals surface area contributed by atoms with Gasteiger partial charge in [0.2, 0.25) is 23.5 Å². The number of hydrogen-bond donors (Lipinski definition) is 4. The van der Waals surface area contributed by atoms with Gasteiger partial charge < -0.3 is 31.1 Å². The van der Waals surface area contributed by atoms with Crippen LogP contribution in [0, 0.1) is 35.0 Å². The molecule has 1 saturated carbocycles. The normalized spacial score (nSPS) is 23.1. The van der Waals surface area contributed by atoms with Gasteiger partial charge in [-0.3, -0.25) is 24.0 Å². The van der Waals surface area contributed by atoms with Crippen LogP contribution in [0.25, 0.3) is 0 Å². The Morgan fingerprint density at radius 2 is 1.70 bits per heavy atom. The molecule has 6 atom stereocenters. The summed E-state index contributed by atoms with van der Waals surface area (Å²) in [4.78, 5) is 82.9. The maximum absolute atomic E-state index is 14.4. The molecule has 3 aliphatic rings. The summed E-state index contributed by atoms with van der Waals surface area (Å²) in [7, 11) is 0. The summed E-state index contributed by atoms with van der Waals surface area (Å²) in [6, 6.07) is -4.03. The Morgan fingerprint density at radius 3 is 2.30 bits per heavy atom. The van der Waals surface area contributed by atoms with Crippen LogP contribution in [-0.2, 0) is 24.0 Å². The number of nitrogens with zero attached hydrogens (tertiary/aromatic N) is 2. The van der Waals surface area contributed by atoms with E-state index in [-0.39, 0.29) is 42.2 Å². The van der Waals surface area contributed by atoms with E-state index in [1.807, 2.05) is 41.5 Å². The summed E-state index contributed by atoms with van der Waals surface area (Å²) in [5.41, 5.74) is -1.10. The molecule has 0 aromatic heterocycles. The number of carbonyl (C=O) groups excluding carboxylic acids is 6. The van der Waals surface area contributed by atoms with Gasteiger partial charge in [-0.2, -0.15) is 0 Å². The Balaban J connectivity index is 1.81. The van der Waals surface area contributed by atoms with Gasteiger partial charge in [0.1, 0.15) is 18.1 Å². The van der Waals surface area contributed by atoms with Crippen LogP contribution in [0.3, 0.4) is 0 Å². The maximum atomic E-state index is 14.4. The minimum atomic E-state index is -1.25. The maximum Gasteiger partial charge on any atom is 0.315 e. The van der Waals surface area contributed by atoms with E-state index in [4.69, 9.17) is 6.42 Å². The molecule has 12 nitrogen and oxygen atoms in total. The van der Waals surface area contributed by atoms with Crippen molar-refractivity contribution in [2.75, 3.05) is 26.2 Å². The SMILES string of the molecule is C#CCC(NC(=O)[C@@H]1[C@H]2CCC[C@H]2CN1C(=O)[C@@H](NC(=O)N[C@H](CN1CCCCC1=O)C(C)(C)C)C(C)(C)C)C(=O)C(=O)NCC=C. The minimum Gasteiger partial charge on any atom is -0.346 e. The van der Waals surface area contributed by atoms with E-state index >= 15 is 0 Å². The molecule has 2 aliphatic heterocycles.